The molecule has 6 heteroatoms. The van der Waals surface area contributed by atoms with E-state index in [9.17, 15) is 13.2 Å². The zero-order chi connectivity index (χ0) is 14.5. The van der Waals surface area contributed by atoms with Crippen LogP contribution in [0.3, 0.4) is 0 Å². The van der Waals surface area contributed by atoms with Crippen LogP contribution in [0.5, 0.6) is 0 Å². The van der Waals surface area contributed by atoms with Crippen LogP contribution >= 0.6 is 0 Å². The van der Waals surface area contributed by atoms with E-state index in [0.717, 1.165) is 12.8 Å². The molecular formula is C13H26N2O3S. The van der Waals surface area contributed by atoms with Gasteiger partial charge in [-0.15, -0.1) is 0 Å². The van der Waals surface area contributed by atoms with E-state index < -0.39 is 10.0 Å². The molecule has 1 heterocycles. The Morgan fingerprint density at radius 3 is 2.00 bits per heavy atom. The number of sulfonamides is 1. The molecule has 0 bridgehead atoms. The maximum Gasteiger partial charge on any atom is 0.225 e. The SMILES string of the molecule is CCCS(=O)(=O)N1CCN(C(=O)C(CC)CC)CC1. The Kier molecular flexibility index (Phi) is 6.26. The average molecular weight is 290 g/mol. The molecule has 1 aliphatic rings. The van der Waals surface area contributed by atoms with Crippen LogP contribution in [0.25, 0.3) is 0 Å². The first-order valence-electron chi connectivity index (χ1n) is 7.22. The summed E-state index contributed by atoms with van der Waals surface area (Å²) in [6, 6.07) is 0. The van der Waals surface area contributed by atoms with Gasteiger partial charge in [-0.25, -0.2) is 8.42 Å². The Balaban J connectivity index is 2.56. The first-order valence-corrected chi connectivity index (χ1v) is 8.83. The third-order valence-corrected chi connectivity index (χ3v) is 5.82. The van der Waals surface area contributed by atoms with Crippen LogP contribution in [0.2, 0.25) is 0 Å². The number of rotatable bonds is 6. The van der Waals surface area contributed by atoms with Crippen molar-refractivity contribution in [3.05, 3.63) is 0 Å². The minimum atomic E-state index is -3.12. The van der Waals surface area contributed by atoms with Crippen molar-refractivity contribution in [2.24, 2.45) is 5.92 Å². The van der Waals surface area contributed by atoms with Gasteiger partial charge in [0.15, 0.2) is 0 Å². The molecule has 5 nitrogen and oxygen atoms in total. The number of nitrogens with zero attached hydrogens (tertiary/aromatic N) is 2. The Bertz CT molecular complexity index is 383. The molecular weight excluding hydrogens is 264 g/mol. The van der Waals surface area contributed by atoms with E-state index in [0.29, 0.717) is 32.6 Å². The zero-order valence-corrected chi connectivity index (χ0v) is 13.1. The van der Waals surface area contributed by atoms with Gasteiger partial charge in [-0.3, -0.25) is 4.79 Å². The van der Waals surface area contributed by atoms with Crippen LogP contribution < -0.4 is 0 Å². The second-order valence-electron chi connectivity index (χ2n) is 5.05. The summed E-state index contributed by atoms with van der Waals surface area (Å²) in [5.41, 5.74) is 0. The molecule has 0 N–H and O–H groups in total. The lowest BCUT2D eigenvalue weighted by atomic mass is 10.0. The van der Waals surface area contributed by atoms with Gasteiger partial charge in [-0.1, -0.05) is 20.8 Å². The predicted octanol–water partition coefficient (Wildman–Crippen LogP) is 1.31. The van der Waals surface area contributed by atoms with Gasteiger partial charge in [0.2, 0.25) is 15.9 Å². The topological polar surface area (TPSA) is 57.7 Å². The molecule has 0 unspecified atom stereocenters. The Morgan fingerprint density at radius 1 is 1.05 bits per heavy atom. The fourth-order valence-electron chi connectivity index (χ4n) is 2.47. The van der Waals surface area contributed by atoms with Crippen molar-refractivity contribution in [1.29, 1.82) is 0 Å². The summed E-state index contributed by atoms with van der Waals surface area (Å²) in [5.74, 6) is 0.462. The summed E-state index contributed by atoms with van der Waals surface area (Å²) >= 11 is 0. The summed E-state index contributed by atoms with van der Waals surface area (Å²) in [5, 5.41) is 0. The van der Waals surface area contributed by atoms with Crippen LogP contribution in [0.15, 0.2) is 0 Å². The molecule has 0 saturated carbocycles. The van der Waals surface area contributed by atoms with E-state index in [1.807, 2.05) is 25.7 Å². The van der Waals surface area contributed by atoms with Crippen molar-refractivity contribution >= 4 is 15.9 Å². The second-order valence-corrected chi connectivity index (χ2v) is 7.14. The lowest BCUT2D eigenvalue weighted by Crippen LogP contribution is -2.52. The maximum absolute atomic E-state index is 12.2. The van der Waals surface area contributed by atoms with Gasteiger partial charge < -0.3 is 4.90 Å². The van der Waals surface area contributed by atoms with E-state index in [4.69, 9.17) is 0 Å². The fourth-order valence-corrected chi connectivity index (χ4v) is 3.96. The zero-order valence-electron chi connectivity index (χ0n) is 12.3. The molecule has 0 aromatic heterocycles. The summed E-state index contributed by atoms with van der Waals surface area (Å²) in [6.07, 6.45) is 2.34. The van der Waals surface area contributed by atoms with Crippen molar-refractivity contribution in [1.82, 2.24) is 9.21 Å². The van der Waals surface area contributed by atoms with Crippen LogP contribution in [-0.4, -0.2) is 55.5 Å². The summed E-state index contributed by atoms with van der Waals surface area (Å²) in [7, 11) is -3.12. The van der Waals surface area contributed by atoms with Crippen molar-refractivity contribution in [3.63, 3.8) is 0 Å². The van der Waals surface area contributed by atoms with Crippen LogP contribution in [0, 0.1) is 5.92 Å². The molecule has 0 atom stereocenters. The van der Waals surface area contributed by atoms with Crippen molar-refractivity contribution < 1.29 is 13.2 Å². The van der Waals surface area contributed by atoms with E-state index >= 15 is 0 Å². The highest BCUT2D eigenvalue weighted by atomic mass is 32.2. The Morgan fingerprint density at radius 2 is 1.58 bits per heavy atom. The van der Waals surface area contributed by atoms with Crippen LogP contribution in [-0.2, 0) is 14.8 Å². The lowest BCUT2D eigenvalue weighted by molar-refractivity contribution is -0.136. The first-order chi connectivity index (χ1) is 8.96. The molecule has 0 aliphatic carbocycles. The summed E-state index contributed by atoms with van der Waals surface area (Å²) in [6.45, 7) is 7.84. The summed E-state index contributed by atoms with van der Waals surface area (Å²) < 4.78 is 25.4. The van der Waals surface area contributed by atoms with Gasteiger partial charge >= 0.3 is 0 Å². The van der Waals surface area contributed by atoms with Crippen molar-refractivity contribution in [3.8, 4) is 0 Å². The number of hydrogen-bond acceptors (Lipinski definition) is 3. The Hall–Kier alpha value is -0.620. The van der Waals surface area contributed by atoms with Crippen LogP contribution in [0.4, 0.5) is 0 Å². The number of amides is 1. The monoisotopic (exact) mass is 290 g/mol. The van der Waals surface area contributed by atoms with Gasteiger partial charge in [0.25, 0.3) is 0 Å². The van der Waals surface area contributed by atoms with E-state index in [-0.39, 0.29) is 17.6 Å². The van der Waals surface area contributed by atoms with Gasteiger partial charge in [0.05, 0.1) is 5.75 Å². The van der Waals surface area contributed by atoms with Crippen molar-refractivity contribution in [2.75, 3.05) is 31.9 Å². The minimum absolute atomic E-state index is 0.0822. The van der Waals surface area contributed by atoms with Gasteiger partial charge in [0, 0.05) is 32.1 Å². The predicted molar refractivity (Wildman–Crippen MR) is 76.3 cm³/mol. The molecule has 1 fully saturated rings. The molecule has 0 aromatic rings. The van der Waals surface area contributed by atoms with Crippen molar-refractivity contribution in [2.45, 2.75) is 40.0 Å². The smallest absolute Gasteiger partial charge is 0.225 e. The van der Waals surface area contributed by atoms with Gasteiger partial charge in [-0.05, 0) is 19.3 Å². The van der Waals surface area contributed by atoms with E-state index in [1.165, 1.54) is 4.31 Å². The number of piperazine rings is 1. The van der Waals surface area contributed by atoms with E-state index in [2.05, 4.69) is 0 Å². The molecule has 1 amide bonds. The van der Waals surface area contributed by atoms with Gasteiger partial charge in [0.1, 0.15) is 0 Å². The molecule has 1 saturated heterocycles. The summed E-state index contributed by atoms with van der Waals surface area (Å²) in [4.78, 5) is 14.0. The minimum Gasteiger partial charge on any atom is -0.340 e. The number of carbonyl (C=O) groups excluding carboxylic acids is 1. The number of hydrogen-bond donors (Lipinski definition) is 0. The molecule has 0 radical (unpaired) electrons. The first kappa shape index (κ1) is 16.4. The molecule has 19 heavy (non-hydrogen) atoms. The largest absolute Gasteiger partial charge is 0.340 e. The highest BCUT2D eigenvalue weighted by molar-refractivity contribution is 7.89. The highest BCUT2D eigenvalue weighted by Crippen LogP contribution is 2.15. The standard InChI is InChI=1S/C13H26N2O3S/c1-4-11-19(17,18)15-9-7-14(8-10-15)13(16)12(5-2)6-3/h12H,4-11H2,1-3H3. The normalized spacial score (nSPS) is 18.0. The lowest BCUT2D eigenvalue weighted by Gasteiger charge is -2.35. The fraction of sp³-hybridized carbons (Fsp3) is 0.923. The third kappa shape index (κ3) is 4.18. The quantitative estimate of drug-likeness (QED) is 0.741. The molecule has 112 valence electrons. The molecule has 0 spiro atoms. The molecule has 1 rings (SSSR count). The second kappa shape index (κ2) is 7.24. The Labute approximate surface area is 117 Å². The van der Waals surface area contributed by atoms with E-state index in [1.54, 1.807) is 0 Å². The number of carbonyl (C=O) groups is 1. The van der Waals surface area contributed by atoms with Crippen LogP contribution in [0.1, 0.15) is 40.0 Å². The highest BCUT2D eigenvalue weighted by Gasteiger charge is 2.29. The van der Waals surface area contributed by atoms with Gasteiger partial charge in [-0.2, -0.15) is 4.31 Å². The molecule has 1 aliphatic heterocycles. The third-order valence-electron chi connectivity index (χ3n) is 3.74. The maximum atomic E-state index is 12.2. The molecule has 0 aromatic carbocycles. The average Bonchev–Trinajstić information content (AvgIpc) is 2.40.